The molecule has 0 aliphatic carbocycles. The molecule has 0 spiro atoms. The van der Waals surface area contributed by atoms with E-state index in [-0.39, 0.29) is 12.0 Å². The first kappa shape index (κ1) is 14.4. The third kappa shape index (κ3) is 7.27. The van der Waals surface area contributed by atoms with Crippen LogP contribution in [0.15, 0.2) is 24.3 Å². The Bertz CT molecular complexity index is 372. The number of hydrogen-bond donors (Lipinski definition) is 2. The molecule has 1 rings (SSSR count). The number of unbranched alkanes of at least 4 members (excludes halogenated alkanes) is 3. The number of hydrogen-bond acceptors (Lipinski definition) is 1. The lowest BCUT2D eigenvalue weighted by Crippen LogP contribution is -1.90. The van der Waals surface area contributed by atoms with Crippen molar-refractivity contribution in [1.82, 2.24) is 0 Å². The van der Waals surface area contributed by atoms with Gasteiger partial charge in [-0.2, -0.15) is 0 Å². The molecule has 0 aromatic heterocycles. The number of rotatable bonds is 7. The molecule has 0 atom stereocenters. The maximum absolute atomic E-state index is 12.6. The summed E-state index contributed by atoms with van der Waals surface area (Å²) < 4.78 is 23.2. The van der Waals surface area contributed by atoms with Gasteiger partial charge in [0.1, 0.15) is 5.82 Å². The highest BCUT2D eigenvalue weighted by Crippen LogP contribution is 2.35. The molecule has 0 radical (unpaired) electrons. The predicted octanol–water partition coefficient (Wildman–Crippen LogP) is 3.11. The molecule has 0 fully saturated rings. The first-order valence-corrected chi connectivity index (χ1v) is 7.56. The van der Waals surface area contributed by atoms with Gasteiger partial charge in [0.05, 0.1) is 0 Å². The van der Waals surface area contributed by atoms with Crippen LogP contribution in [0.3, 0.4) is 0 Å². The molecular formula is C12H18FO3P. The molecule has 3 nitrogen and oxygen atoms in total. The molecule has 0 unspecified atom stereocenters. The van der Waals surface area contributed by atoms with E-state index in [1.807, 2.05) is 0 Å². The van der Waals surface area contributed by atoms with E-state index >= 15 is 0 Å². The van der Waals surface area contributed by atoms with Crippen LogP contribution in [0.4, 0.5) is 4.39 Å². The van der Waals surface area contributed by atoms with Gasteiger partial charge in [-0.3, -0.25) is 4.57 Å². The molecule has 0 aliphatic heterocycles. The van der Waals surface area contributed by atoms with E-state index in [1.54, 1.807) is 12.1 Å². The summed E-state index contributed by atoms with van der Waals surface area (Å²) in [6.07, 6.45) is 4.16. The van der Waals surface area contributed by atoms with Crippen molar-refractivity contribution in [3.8, 4) is 0 Å². The second kappa shape index (κ2) is 6.90. The van der Waals surface area contributed by atoms with Crippen molar-refractivity contribution in [3.05, 3.63) is 35.6 Å². The van der Waals surface area contributed by atoms with Gasteiger partial charge in [-0.1, -0.05) is 25.0 Å². The van der Waals surface area contributed by atoms with Gasteiger partial charge < -0.3 is 9.79 Å². The van der Waals surface area contributed by atoms with E-state index in [1.165, 1.54) is 12.1 Å². The van der Waals surface area contributed by atoms with Crippen molar-refractivity contribution in [2.24, 2.45) is 0 Å². The minimum Gasteiger partial charge on any atom is -0.324 e. The molecule has 0 saturated heterocycles. The third-order valence-corrected chi connectivity index (χ3v) is 3.48. The van der Waals surface area contributed by atoms with Gasteiger partial charge in [0.15, 0.2) is 0 Å². The first-order valence-electron chi connectivity index (χ1n) is 5.76. The van der Waals surface area contributed by atoms with Gasteiger partial charge in [0.2, 0.25) is 0 Å². The maximum Gasteiger partial charge on any atom is 0.325 e. The van der Waals surface area contributed by atoms with Crippen molar-refractivity contribution in [3.63, 3.8) is 0 Å². The third-order valence-electron chi connectivity index (χ3n) is 2.58. The number of aryl methyl sites for hydroxylation is 1. The molecule has 96 valence electrons. The van der Waals surface area contributed by atoms with Gasteiger partial charge in [0, 0.05) is 6.16 Å². The molecule has 0 bridgehead atoms. The van der Waals surface area contributed by atoms with E-state index in [0.717, 1.165) is 31.2 Å². The summed E-state index contributed by atoms with van der Waals surface area (Å²) in [5, 5.41) is 0. The topological polar surface area (TPSA) is 57.5 Å². The van der Waals surface area contributed by atoms with Gasteiger partial charge in [-0.05, 0) is 37.0 Å². The summed E-state index contributed by atoms with van der Waals surface area (Å²) in [6, 6.07) is 6.43. The predicted molar refractivity (Wildman–Crippen MR) is 65.5 cm³/mol. The Hall–Kier alpha value is -0.700. The van der Waals surface area contributed by atoms with Crippen molar-refractivity contribution in [2.45, 2.75) is 32.1 Å². The van der Waals surface area contributed by atoms with Crippen LogP contribution in [0.1, 0.15) is 31.2 Å². The van der Waals surface area contributed by atoms with Gasteiger partial charge in [-0.25, -0.2) is 4.39 Å². The highest BCUT2D eigenvalue weighted by molar-refractivity contribution is 7.51. The van der Waals surface area contributed by atoms with Crippen molar-refractivity contribution >= 4 is 7.60 Å². The average molecular weight is 260 g/mol. The SMILES string of the molecule is O=P(O)(O)CCCCCCc1ccc(F)cc1. The van der Waals surface area contributed by atoms with Crippen LogP contribution in [-0.4, -0.2) is 15.9 Å². The second-order valence-corrected chi connectivity index (χ2v) is 5.96. The molecule has 5 heteroatoms. The zero-order valence-corrected chi connectivity index (χ0v) is 10.6. The fourth-order valence-corrected chi connectivity index (χ4v) is 2.29. The highest BCUT2D eigenvalue weighted by Gasteiger charge is 2.10. The summed E-state index contributed by atoms with van der Waals surface area (Å²) in [4.78, 5) is 17.3. The van der Waals surface area contributed by atoms with E-state index in [0.29, 0.717) is 6.42 Å². The van der Waals surface area contributed by atoms with Gasteiger partial charge in [0.25, 0.3) is 0 Å². The molecule has 1 aromatic rings. The minimum absolute atomic E-state index is 0.0243. The summed E-state index contributed by atoms with van der Waals surface area (Å²) >= 11 is 0. The van der Waals surface area contributed by atoms with Crippen LogP contribution < -0.4 is 0 Å². The Morgan fingerprint density at radius 1 is 1.00 bits per heavy atom. The highest BCUT2D eigenvalue weighted by atomic mass is 31.2. The van der Waals surface area contributed by atoms with Crippen molar-refractivity contribution in [2.75, 3.05) is 6.16 Å². The molecule has 1 aromatic carbocycles. The number of benzene rings is 1. The van der Waals surface area contributed by atoms with E-state index in [9.17, 15) is 8.96 Å². The van der Waals surface area contributed by atoms with Crippen molar-refractivity contribution < 1.29 is 18.7 Å². The van der Waals surface area contributed by atoms with E-state index in [4.69, 9.17) is 9.79 Å². The summed E-state index contributed by atoms with van der Waals surface area (Å²) in [7, 11) is -3.82. The smallest absolute Gasteiger partial charge is 0.324 e. The Labute approximate surface area is 101 Å². The maximum atomic E-state index is 12.6. The molecule has 0 aliphatic rings. The summed E-state index contributed by atoms with van der Waals surface area (Å²) in [5.41, 5.74) is 1.10. The largest absolute Gasteiger partial charge is 0.325 e. The average Bonchev–Trinajstić information content (AvgIpc) is 2.24. The second-order valence-electron chi connectivity index (χ2n) is 4.18. The first-order chi connectivity index (χ1) is 7.97. The molecule has 0 amide bonds. The normalized spacial score (nSPS) is 11.7. The molecule has 2 N–H and O–H groups in total. The lowest BCUT2D eigenvalue weighted by atomic mass is 10.1. The Kier molecular flexibility index (Phi) is 5.83. The van der Waals surface area contributed by atoms with Crippen LogP contribution in [0.5, 0.6) is 0 Å². The summed E-state index contributed by atoms with van der Waals surface area (Å²) in [5.74, 6) is -0.226. The Balaban J connectivity index is 2.08. The fraction of sp³-hybridized carbons (Fsp3) is 0.500. The Morgan fingerprint density at radius 2 is 1.59 bits per heavy atom. The quantitative estimate of drug-likeness (QED) is 0.585. The lowest BCUT2D eigenvalue weighted by molar-refractivity contribution is 0.370. The zero-order chi connectivity index (χ0) is 12.7. The monoisotopic (exact) mass is 260 g/mol. The van der Waals surface area contributed by atoms with E-state index < -0.39 is 7.60 Å². The van der Waals surface area contributed by atoms with Crippen LogP contribution in [0.2, 0.25) is 0 Å². The molecule has 0 heterocycles. The van der Waals surface area contributed by atoms with Crippen LogP contribution in [0, 0.1) is 5.82 Å². The van der Waals surface area contributed by atoms with Crippen molar-refractivity contribution in [1.29, 1.82) is 0 Å². The lowest BCUT2D eigenvalue weighted by Gasteiger charge is -2.04. The summed E-state index contributed by atoms with van der Waals surface area (Å²) in [6.45, 7) is 0. The molecular weight excluding hydrogens is 242 g/mol. The van der Waals surface area contributed by atoms with E-state index in [2.05, 4.69) is 0 Å². The Morgan fingerprint density at radius 3 is 2.18 bits per heavy atom. The van der Waals surface area contributed by atoms with Crippen LogP contribution in [0.25, 0.3) is 0 Å². The van der Waals surface area contributed by atoms with Crippen LogP contribution >= 0.6 is 7.60 Å². The molecule has 17 heavy (non-hydrogen) atoms. The zero-order valence-electron chi connectivity index (χ0n) is 9.68. The van der Waals surface area contributed by atoms with Gasteiger partial charge in [-0.15, -0.1) is 0 Å². The molecule has 0 saturated carbocycles. The minimum atomic E-state index is -3.82. The fourth-order valence-electron chi connectivity index (χ4n) is 1.65. The standard InChI is InChI=1S/C12H18FO3P/c13-12-8-6-11(7-9-12)5-3-1-2-4-10-17(14,15)16/h6-9H,1-5,10H2,(H2,14,15,16). The van der Waals surface area contributed by atoms with Gasteiger partial charge >= 0.3 is 7.60 Å². The van der Waals surface area contributed by atoms with Crippen LogP contribution in [-0.2, 0) is 11.0 Å². The number of halogens is 1.